The number of carboxylic acids is 1. The standard InChI is InChI=1S/C11H14O4S/c1-15-10-3-2-8(11(13)14)6-9(10)7-16-5-4-12/h2-3,6,12H,4-5,7H2,1H3,(H,13,14). The van der Waals surface area contributed by atoms with Gasteiger partial charge in [0, 0.05) is 17.1 Å². The van der Waals surface area contributed by atoms with Crippen molar-refractivity contribution in [3.8, 4) is 5.75 Å². The summed E-state index contributed by atoms with van der Waals surface area (Å²) in [6, 6.07) is 4.77. The normalized spacial score (nSPS) is 10.1. The molecule has 88 valence electrons. The second kappa shape index (κ2) is 6.40. The summed E-state index contributed by atoms with van der Waals surface area (Å²) in [6.07, 6.45) is 0. The van der Waals surface area contributed by atoms with Crippen LogP contribution in [-0.4, -0.2) is 35.7 Å². The first-order chi connectivity index (χ1) is 7.69. The van der Waals surface area contributed by atoms with Gasteiger partial charge in [-0.1, -0.05) is 0 Å². The van der Waals surface area contributed by atoms with Crippen LogP contribution in [0.4, 0.5) is 0 Å². The Hall–Kier alpha value is -1.20. The van der Waals surface area contributed by atoms with E-state index in [9.17, 15) is 4.79 Å². The zero-order valence-electron chi connectivity index (χ0n) is 8.97. The Morgan fingerprint density at radius 2 is 2.25 bits per heavy atom. The van der Waals surface area contributed by atoms with Crippen molar-refractivity contribution in [3.05, 3.63) is 29.3 Å². The van der Waals surface area contributed by atoms with E-state index in [0.717, 1.165) is 5.56 Å². The number of thioether (sulfide) groups is 1. The Labute approximate surface area is 98.2 Å². The first kappa shape index (κ1) is 12.9. The molecule has 0 atom stereocenters. The van der Waals surface area contributed by atoms with E-state index in [1.165, 1.54) is 17.8 Å². The summed E-state index contributed by atoms with van der Waals surface area (Å²) >= 11 is 1.53. The maximum atomic E-state index is 10.8. The molecule has 0 saturated carbocycles. The zero-order valence-corrected chi connectivity index (χ0v) is 9.79. The number of carboxylic acid groups (broad SMARTS) is 1. The van der Waals surface area contributed by atoms with Gasteiger partial charge in [0.05, 0.1) is 19.3 Å². The molecule has 0 aliphatic heterocycles. The highest BCUT2D eigenvalue weighted by molar-refractivity contribution is 7.98. The minimum atomic E-state index is -0.948. The molecule has 0 fully saturated rings. The number of carbonyl (C=O) groups is 1. The zero-order chi connectivity index (χ0) is 12.0. The molecule has 1 aromatic rings. The highest BCUT2D eigenvalue weighted by Crippen LogP contribution is 2.24. The van der Waals surface area contributed by atoms with Crippen molar-refractivity contribution in [3.63, 3.8) is 0 Å². The topological polar surface area (TPSA) is 66.8 Å². The first-order valence-electron chi connectivity index (χ1n) is 4.78. The van der Waals surface area contributed by atoms with E-state index in [1.54, 1.807) is 19.2 Å². The molecule has 0 heterocycles. The molecule has 0 bridgehead atoms. The van der Waals surface area contributed by atoms with Gasteiger partial charge in [-0.15, -0.1) is 0 Å². The maximum absolute atomic E-state index is 10.8. The van der Waals surface area contributed by atoms with Gasteiger partial charge in [0.1, 0.15) is 5.75 Å². The summed E-state index contributed by atoms with van der Waals surface area (Å²) in [5.74, 6) is 0.984. The molecule has 0 aliphatic carbocycles. The fourth-order valence-electron chi connectivity index (χ4n) is 1.27. The van der Waals surface area contributed by atoms with Gasteiger partial charge < -0.3 is 14.9 Å². The molecule has 0 radical (unpaired) electrons. The Morgan fingerprint density at radius 3 is 2.81 bits per heavy atom. The van der Waals surface area contributed by atoms with Gasteiger partial charge in [0.25, 0.3) is 0 Å². The van der Waals surface area contributed by atoms with Gasteiger partial charge in [-0.2, -0.15) is 11.8 Å². The minimum Gasteiger partial charge on any atom is -0.496 e. The number of methoxy groups -OCH3 is 1. The third-order valence-corrected chi connectivity index (χ3v) is 3.01. The third kappa shape index (κ3) is 3.43. The summed E-state index contributed by atoms with van der Waals surface area (Å²) in [5, 5.41) is 17.5. The number of aliphatic hydroxyl groups is 1. The second-order valence-electron chi connectivity index (χ2n) is 3.11. The van der Waals surface area contributed by atoms with Crippen LogP contribution in [0, 0.1) is 0 Å². The largest absolute Gasteiger partial charge is 0.496 e. The predicted molar refractivity (Wildman–Crippen MR) is 63.2 cm³/mol. The van der Waals surface area contributed by atoms with Crippen molar-refractivity contribution in [2.75, 3.05) is 19.5 Å². The summed E-state index contributed by atoms with van der Waals surface area (Å²) in [7, 11) is 1.55. The summed E-state index contributed by atoms with van der Waals surface area (Å²) in [6.45, 7) is 0.117. The Kier molecular flexibility index (Phi) is 5.14. The van der Waals surface area contributed by atoms with Crippen LogP contribution >= 0.6 is 11.8 Å². The van der Waals surface area contributed by atoms with Crippen LogP contribution < -0.4 is 4.74 Å². The average molecular weight is 242 g/mol. The van der Waals surface area contributed by atoms with Crippen LogP contribution in [0.15, 0.2) is 18.2 Å². The molecule has 5 heteroatoms. The molecule has 0 spiro atoms. The molecule has 0 unspecified atom stereocenters. The Bertz CT molecular complexity index is 365. The quantitative estimate of drug-likeness (QED) is 0.742. The number of hydrogen-bond donors (Lipinski definition) is 2. The first-order valence-corrected chi connectivity index (χ1v) is 5.93. The van der Waals surface area contributed by atoms with E-state index in [2.05, 4.69) is 0 Å². The Balaban J connectivity index is 2.84. The van der Waals surface area contributed by atoms with Gasteiger partial charge in [-0.3, -0.25) is 0 Å². The average Bonchev–Trinajstić information content (AvgIpc) is 2.29. The number of ether oxygens (including phenoxy) is 1. The van der Waals surface area contributed by atoms with Crippen LogP contribution in [0.3, 0.4) is 0 Å². The highest BCUT2D eigenvalue weighted by atomic mass is 32.2. The lowest BCUT2D eigenvalue weighted by Crippen LogP contribution is -1.99. The molecule has 1 aromatic carbocycles. The van der Waals surface area contributed by atoms with E-state index in [1.807, 2.05) is 0 Å². The Morgan fingerprint density at radius 1 is 1.50 bits per heavy atom. The monoisotopic (exact) mass is 242 g/mol. The number of hydrogen-bond acceptors (Lipinski definition) is 4. The van der Waals surface area contributed by atoms with E-state index < -0.39 is 5.97 Å². The molecule has 0 saturated heterocycles. The lowest BCUT2D eigenvalue weighted by molar-refractivity contribution is 0.0696. The lowest BCUT2D eigenvalue weighted by Gasteiger charge is -2.08. The van der Waals surface area contributed by atoms with Crippen molar-refractivity contribution in [1.29, 1.82) is 0 Å². The van der Waals surface area contributed by atoms with Crippen molar-refractivity contribution in [1.82, 2.24) is 0 Å². The van der Waals surface area contributed by atoms with Crippen LogP contribution in [0.1, 0.15) is 15.9 Å². The molecule has 16 heavy (non-hydrogen) atoms. The fourth-order valence-corrected chi connectivity index (χ4v) is 1.99. The molecule has 2 N–H and O–H groups in total. The third-order valence-electron chi connectivity index (χ3n) is 2.02. The van der Waals surface area contributed by atoms with E-state index in [0.29, 0.717) is 17.3 Å². The second-order valence-corrected chi connectivity index (χ2v) is 4.21. The van der Waals surface area contributed by atoms with E-state index in [-0.39, 0.29) is 12.2 Å². The minimum absolute atomic E-state index is 0.117. The summed E-state index contributed by atoms with van der Waals surface area (Å²) < 4.78 is 5.14. The number of rotatable bonds is 6. The molecule has 0 aliphatic rings. The van der Waals surface area contributed by atoms with E-state index >= 15 is 0 Å². The number of aromatic carboxylic acids is 1. The van der Waals surface area contributed by atoms with Crippen molar-refractivity contribution in [2.24, 2.45) is 0 Å². The van der Waals surface area contributed by atoms with Gasteiger partial charge in [-0.05, 0) is 18.2 Å². The number of aliphatic hydroxyl groups excluding tert-OH is 1. The smallest absolute Gasteiger partial charge is 0.335 e. The number of benzene rings is 1. The fraction of sp³-hybridized carbons (Fsp3) is 0.364. The van der Waals surface area contributed by atoms with Crippen LogP contribution in [0.25, 0.3) is 0 Å². The molecular weight excluding hydrogens is 228 g/mol. The van der Waals surface area contributed by atoms with Gasteiger partial charge in [0.15, 0.2) is 0 Å². The molecule has 4 nitrogen and oxygen atoms in total. The molecule has 0 aromatic heterocycles. The van der Waals surface area contributed by atoms with Crippen molar-refractivity contribution in [2.45, 2.75) is 5.75 Å². The van der Waals surface area contributed by atoms with Gasteiger partial charge in [-0.25, -0.2) is 4.79 Å². The van der Waals surface area contributed by atoms with Gasteiger partial charge in [0.2, 0.25) is 0 Å². The van der Waals surface area contributed by atoms with Crippen LogP contribution in [0.2, 0.25) is 0 Å². The molecule has 0 amide bonds. The summed E-state index contributed by atoms with van der Waals surface area (Å²) in [4.78, 5) is 10.8. The maximum Gasteiger partial charge on any atom is 0.335 e. The van der Waals surface area contributed by atoms with E-state index in [4.69, 9.17) is 14.9 Å². The summed E-state index contributed by atoms with van der Waals surface area (Å²) in [5.41, 5.74) is 1.08. The predicted octanol–water partition coefficient (Wildman–Crippen LogP) is 1.62. The van der Waals surface area contributed by atoms with Crippen molar-refractivity contribution >= 4 is 17.7 Å². The van der Waals surface area contributed by atoms with Crippen LogP contribution in [0.5, 0.6) is 5.75 Å². The highest BCUT2D eigenvalue weighted by Gasteiger charge is 2.08. The SMILES string of the molecule is COc1ccc(C(=O)O)cc1CSCCO. The lowest BCUT2D eigenvalue weighted by atomic mass is 10.1. The molecule has 1 rings (SSSR count). The molecular formula is C11H14O4S. The van der Waals surface area contributed by atoms with Crippen molar-refractivity contribution < 1.29 is 19.7 Å². The van der Waals surface area contributed by atoms with Crippen LogP contribution in [-0.2, 0) is 5.75 Å². The van der Waals surface area contributed by atoms with Gasteiger partial charge >= 0.3 is 5.97 Å².